The van der Waals surface area contributed by atoms with E-state index in [1.807, 2.05) is 0 Å². The van der Waals surface area contributed by atoms with Gasteiger partial charge in [-0.1, -0.05) is 0 Å². The summed E-state index contributed by atoms with van der Waals surface area (Å²) in [5.41, 5.74) is 0.376. The van der Waals surface area contributed by atoms with Gasteiger partial charge in [-0.05, 0) is 22.0 Å². The second-order valence-corrected chi connectivity index (χ2v) is 3.73. The second-order valence-electron chi connectivity index (χ2n) is 2.88. The van der Waals surface area contributed by atoms with Crippen LogP contribution >= 0.6 is 15.9 Å². The summed E-state index contributed by atoms with van der Waals surface area (Å²) in [5, 5.41) is 0.542. The maximum Gasteiger partial charge on any atom is 0.290 e. The lowest BCUT2D eigenvalue weighted by Crippen LogP contribution is -2.08. The van der Waals surface area contributed by atoms with E-state index in [0.717, 1.165) is 4.47 Å². The van der Waals surface area contributed by atoms with Crippen LogP contribution in [0.1, 0.15) is 0 Å². The Kier molecular flexibility index (Phi) is 2.11. The minimum Gasteiger partial charge on any atom is -0.495 e. The van der Waals surface area contributed by atoms with Crippen molar-refractivity contribution in [2.24, 2.45) is 7.05 Å². The van der Waals surface area contributed by atoms with Crippen molar-refractivity contribution in [1.29, 1.82) is 0 Å². The van der Waals surface area contributed by atoms with Crippen molar-refractivity contribution in [3.8, 4) is 5.75 Å². The van der Waals surface area contributed by atoms with Gasteiger partial charge in [0.25, 0.3) is 5.56 Å². The normalized spacial score (nSPS) is 10.8. The van der Waals surface area contributed by atoms with E-state index >= 15 is 0 Å². The summed E-state index contributed by atoms with van der Waals surface area (Å²) in [5.74, 6) is 0.645. The lowest BCUT2D eigenvalue weighted by molar-refractivity contribution is 0.323. The molecule has 0 radical (unpaired) electrons. The van der Waals surface area contributed by atoms with Crippen molar-refractivity contribution in [2.45, 2.75) is 0 Å². The van der Waals surface area contributed by atoms with Crippen molar-refractivity contribution >= 4 is 26.9 Å². The van der Waals surface area contributed by atoms with Crippen LogP contribution in [-0.2, 0) is 7.05 Å². The highest BCUT2D eigenvalue weighted by molar-refractivity contribution is 9.10. The molecule has 1 heterocycles. The molecule has 14 heavy (non-hydrogen) atoms. The molecule has 2 rings (SSSR count). The fourth-order valence-corrected chi connectivity index (χ4v) is 1.80. The third-order valence-electron chi connectivity index (χ3n) is 2.01. The SMILES string of the molecule is COc1cc2on(C)c(=O)c2cc1Br. The average Bonchev–Trinajstić information content (AvgIpc) is 2.43. The Hall–Kier alpha value is -1.23. The lowest BCUT2D eigenvalue weighted by atomic mass is 10.2. The number of nitrogens with zero attached hydrogens (tertiary/aromatic N) is 1. The van der Waals surface area contributed by atoms with Gasteiger partial charge in [-0.2, -0.15) is 4.74 Å². The first-order valence-corrected chi connectivity index (χ1v) is 4.76. The van der Waals surface area contributed by atoms with E-state index < -0.39 is 0 Å². The highest BCUT2D eigenvalue weighted by Crippen LogP contribution is 2.28. The van der Waals surface area contributed by atoms with E-state index in [1.165, 1.54) is 4.74 Å². The van der Waals surface area contributed by atoms with Crippen molar-refractivity contribution in [2.75, 3.05) is 7.11 Å². The van der Waals surface area contributed by atoms with Crippen LogP contribution in [0.4, 0.5) is 0 Å². The minimum atomic E-state index is -0.150. The zero-order valence-corrected chi connectivity index (χ0v) is 9.29. The van der Waals surface area contributed by atoms with Gasteiger partial charge in [0.2, 0.25) is 0 Å². The van der Waals surface area contributed by atoms with Crippen LogP contribution in [0.2, 0.25) is 0 Å². The number of aromatic nitrogens is 1. The highest BCUT2D eigenvalue weighted by atomic mass is 79.9. The van der Waals surface area contributed by atoms with Gasteiger partial charge in [0.05, 0.1) is 17.0 Å². The number of methoxy groups -OCH3 is 1. The third-order valence-corrected chi connectivity index (χ3v) is 2.63. The molecule has 0 atom stereocenters. The van der Waals surface area contributed by atoms with Gasteiger partial charge in [0.1, 0.15) is 5.75 Å². The van der Waals surface area contributed by atoms with Crippen LogP contribution in [0.5, 0.6) is 5.75 Å². The molecule has 0 aliphatic rings. The molecule has 0 bridgehead atoms. The number of halogens is 1. The minimum absolute atomic E-state index is 0.150. The van der Waals surface area contributed by atoms with Crippen molar-refractivity contribution < 1.29 is 9.26 Å². The van der Waals surface area contributed by atoms with E-state index in [-0.39, 0.29) is 5.56 Å². The molecule has 0 N–H and O–H groups in total. The molecule has 2 aromatic rings. The van der Waals surface area contributed by atoms with Crippen LogP contribution in [0.25, 0.3) is 11.0 Å². The van der Waals surface area contributed by atoms with Crippen LogP contribution in [0, 0.1) is 0 Å². The van der Waals surface area contributed by atoms with E-state index in [0.29, 0.717) is 16.7 Å². The topological polar surface area (TPSA) is 44.4 Å². The quantitative estimate of drug-likeness (QED) is 0.784. The van der Waals surface area contributed by atoms with Crippen LogP contribution in [0.15, 0.2) is 25.9 Å². The Morgan fingerprint density at radius 1 is 1.50 bits per heavy atom. The maximum absolute atomic E-state index is 11.5. The highest BCUT2D eigenvalue weighted by Gasteiger charge is 2.10. The van der Waals surface area contributed by atoms with Gasteiger partial charge in [-0.25, -0.2) is 0 Å². The average molecular weight is 258 g/mol. The summed E-state index contributed by atoms with van der Waals surface area (Å²) in [6.07, 6.45) is 0. The largest absolute Gasteiger partial charge is 0.495 e. The van der Waals surface area contributed by atoms with Gasteiger partial charge in [0, 0.05) is 13.1 Å². The first-order chi connectivity index (χ1) is 6.63. The first kappa shape index (κ1) is 9.33. The molecule has 74 valence electrons. The van der Waals surface area contributed by atoms with Crippen molar-refractivity contribution in [3.05, 3.63) is 27.0 Å². The van der Waals surface area contributed by atoms with Crippen LogP contribution in [0.3, 0.4) is 0 Å². The molecule has 0 aliphatic heterocycles. The maximum atomic E-state index is 11.5. The molecule has 0 aliphatic carbocycles. The van der Waals surface area contributed by atoms with Crippen LogP contribution in [-0.4, -0.2) is 11.8 Å². The molecule has 0 saturated heterocycles. The monoisotopic (exact) mass is 257 g/mol. The summed E-state index contributed by atoms with van der Waals surface area (Å²) in [6.45, 7) is 0. The Labute approximate surface area is 88.2 Å². The number of hydrogen-bond donors (Lipinski definition) is 0. The molecular weight excluding hydrogens is 250 g/mol. The summed E-state index contributed by atoms with van der Waals surface area (Å²) in [4.78, 5) is 11.5. The molecule has 0 saturated carbocycles. The van der Waals surface area contributed by atoms with Gasteiger partial charge < -0.3 is 9.26 Å². The summed E-state index contributed by atoms with van der Waals surface area (Å²) >= 11 is 3.31. The van der Waals surface area contributed by atoms with Gasteiger partial charge in [0.15, 0.2) is 5.58 Å². The number of benzene rings is 1. The molecule has 1 aromatic carbocycles. The lowest BCUT2D eigenvalue weighted by Gasteiger charge is -2.00. The van der Waals surface area contributed by atoms with Crippen molar-refractivity contribution in [1.82, 2.24) is 4.74 Å². The Morgan fingerprint density at radius 2 is 2.21 bits per heavy atom. The zero-order valence-electron chi connectivity index (χ0n) is 7.70. The fourth-order valence-electron chi connectivity index (χ4n) is 1.29. The molecule has 0 unspecified atom stereocenters. The third kappa shape index (κ3) is 1.24. The molecule has 0 fully saturated rings. The first-order valence-electron chi connectivity index (χ1n) is 3.97. The number of hydrogen-bond acceptors (Lipinski definition) is 3. The fraction of sp³-hybridized carbons (Fsp3) is 0.222. The van der Waals surface area contributed by atoms with Gasteiger partial charge in [-0.15, -0.1) is 0 Å². The van der Waals surface area contributed by atoms with Gasteiger partial charge >= 0.3 is 0 Å². The molecule has 5 heteroatoms. The predicted molar refractivity (Wildman–Crippen MR) is 55.7 cm³/mol. The smallest absolute Gasteiger partial charge is 0.290 e. The Balaban J connectivity index is 2.86. The number of fused-ring (bicyclic) bond motifs is 1. The van der Waals surface area contributed by atoms with E-state index in [2.05, 4.69) is 15.9 Å². The van der Waals surface area contributed by atoms with Crippen LogP contribution < -0.4 is 10.3 Å². The Morgan fingerprint density at radius 3 is 2.86 bits per heavy atom. The number of aryl methyl sites for hydroxylation is 1. The number of rotatable bonds is 1. The summed E-state index contributed by atoms with van der Waals surface area (Å²) < 4.78 is 12.2. The van der Waals surface area contributed by atoms with Crippen molar-refractivity contribution in [3.63, 3.8) is 0 Å². The zero-order chi connectivity index (χ0) is 10.3. The molecule has 4 nitrogen and oxygen atoms in total. The summed E-state index contributed by atoms with van der Waals surface area (Å²) in [7, 11) is 3.13. The second kappa shape index (κ2) is 3.16. The molecular formula is C9H8BrNO3. The van der Waals surface area contributed by atoms with E-state index in [4.69, 9.17) is 9.26 Å². The predicted octanol–water partition coefficient (Wildman–Crippen LogP) is 1.90. The van der Waals surface area contributed by atoms with E-state index in [9.17, 15) is 4.79 Å². The summed E-state index contributed by atoms with van der Waals surface area (Å²) in [6, 6.07) is 3.38. The Bertz CT molecular complexity index is 541. The molecule has 0 spiro atoms. The number of ether oxygens (including phenoxy) is 1. The van der Waals surface area contributed by atoms with Gasteiger partial charge in [-0.3, -0.25) is 4.79 Å². The van der Waals surface area contributed by atoms with E-state index in [1.54, 1.807) is 26.3 Å². The molecule has 0 amide bonds. The molecule has 1 aromatic heterocycles. The standard InChI is InChI=1S/C9H8BrNO3/c1-11-9(12)5-3-6(10)8(13-2)4-7(5)14-11/h3-4H,1-2H3.